The SMILES string of the molecule is CCNc1cc(C(=O)N[C@@H](Cc2ccccc2)[C@@H](O)CNC2CCc3ccc(OC)cc32)cc(N2CCCCS2(O)O)c1. The van der Waals surface area contributed by atoms with Crippen LogP contribution in [-0.4, -0.2) is 64.8 Å². The number of aliphatic hydroxyl groups excluding tert-OH is 1. The van der Waals surface area contributed by atoms with E-state index < -0.39 is 22.9 Å². The molecule has 0 radical (unpaired) electrons. The van der Waals surface area contributed by atoms with E-state index in [2.05, 4.69) is 28.1 Å². The fourth-order valence-corrected chi connectivity index (χ4v) is 7.70. The van der Waals surface area contributed by atoms with Gasteiger partial charge >= 0.3 is 0 Å². The summed E-state index contributed by atoms with van der Waals surface area (Å²) in [6, 6.07) is 20.8. The van der Waals surface area contributed by atoms with Crippen LogP contribution in [0, 0.1) is 0 Å². The van der Waals surface area contributed by atoms with Gasteiger partial charge in [-0.25, -0.2) is 0 Å². The number of fused-ring (bicyclic) bond motifs is 1. The van der Waals surface area contributed by atoms with Crippen molar-refractivity contribution in [3.63, 3.8) is 0 Å². The zero-order chi connectivity index (χ0) is 30.4. The van der Waals surface area contributed by atoms with Crippen molar-refractivity contribution in [1.29, 1.82) is 0 Å². The van der Waals surface area contributed by atoms with E-state index in [1.807, 2.05) is 49.4 Å². The Kier molecular flexibility index (Phi) is 10.1. The molecule has 1 aliphatic heterocycles. The van der Waals surface area contributed by atoms with Crippen LogP contribution in [0.3, 0.4) is 0 Å². The number of carbonyl (C=O) groups excluding carboxylic acids is 1. The molecule has 0 saturated carbocycles. The van der Waals surface area contributed by atoms with Gasteiger partial charge in [-0.1, -0.05) is 36.4 Å². The van der Waals surface area contributed by atoms with E-state index in [1.54, 1.807) is 23.5 Å². The summed E-state index contributed by atoms with van der Waals surface area (Å²) in [5.41, 5.74) is 5.19. The quantitative estimate of drug-likeness (QED) is 0.162. The van der Waals surface area contributed by atoms with Gasteiger partial charge in [0, 0.05) is 36.9 Å². The molecule has 5 rings (SSSR count). The van der Waals surface area contributed by atoms with E-state index in [0.29, 0.717) is 43.1 Å². The van der Waals surface area contributed by atoms with E-state index in [-0.39, 0.29) is 11.9 Å². The first-order chi connectivity index (χ1) is 20.8. The van der Waals surface area contributed by atoms with Gasteiger partial charge in [-0.15, -0.1) is 10.8 Å². The van der Waals surface area contributed by atoms with Crippen LogP contribution in [0.15, 0.2) is 66.7 Å². The van der Waals surface area contributed by atoms with Gasteiger partial charge in [0.05, 0.1) is 30.7 Å². The van der Waals surface area contributed by atoms with Gasteiger partial charge in [-0.2, -0.15) is 0 Å². The van der Waals surface area contributed by atoms with Crippen molar-refractivity contribution in [2.75, 3.05) is 42.1 Å². The molecule has 1 heterocycles. The highest BCUT2D eigenvalue weighted by atomic mass is 32.3. The molecule has 1 aliphatic carbocycles. The molecule has 1 unspecified atom stereocenters. The van der Waals surface area contributed by atoms with E-state index in [0.717, 1.165) is 42.7 Å². The number of nitrogens with zero attached hydrogens (tertiary/aromatic N) is 1. The van der Waals surface area contributed by atoms with Gasteiger partial charge < -0.3 is 25.8 Å². The van der Waals surface area contributed by atoms with E-state index >= 15 is 0 Å². The molecule has 6 N–H and O–H groups in total. The fourth-order valence-electron chi connectivity index (χ4n) is 6.03. The molecule has 9 nitrogen and oxygen atoms in total. The molecule has 3 aromatic rings. The predicted molar refractivity (Wildman–Crippen MR) is 174 cm³/mol. The van der Waals surface area contributed by atoms with Crippen molar-refractivity contribution in [2.45, 2.75) is 57.2 Å². The highest BCUT2D eigenvalue weighted by Crippen LogP contribution is 2.50. The summed E-state index contributed by atoms with van der Waals surface area (Å²) in [5, 5.41) is 21.4. The second-order valence-electron chi connectivity index (χ2n) is 11.3. The Balaban J connectivity index is 1.35. The Bertz CT molecular complexity index is 1390. The average molecular weight is 609 g/mol. The number of ether oxygens (including phenoxy) is 1. The number of aliphatic hydroxyl groups is 1. The predicted octanol–water partition coefficient (Wildman–Crippen LogP) is 5.37. The molecule has 3 aromatic carbocycles. The van der Waals surface area contributed by atoms with Gasteiger partial charge in [0.15, 0.2) is 0 Å². The summed E-state index contributed by atoms with van der Waals surface area (Å²) in [4.78, 5) is 13.8. The zero-order valence-electron chi connectivity index (χ0n) is 25.0. The van der Waals surface area contributed by atoms with Gasteiger partial charge in [0.2, 0.25) is 0 Å². The summed E-state index contributed by atoms with van der Waals surface area (Å²) < 4.78 is 28.6. The van der Waals surface area contributed by atoms with Crippen LogP contribution < -0.4 is 25.0 Å². The summed E-state index contributed by atoms with van der Waals surface area (Å²) in [7, 11) is -1.29. The number of hydrogen-bond acceptors (Lipinski definition) is 8. The van der Waals surface area contributed by atoms with Crippen LogP contribution in [0.5, 0.6) is 5.75 Å². The molecule has 2 aliphatic rings. The minimum atomic E-state index is -2.95. The molecule has 1 amide bonds. The molecule has 0 spiro atoms. The standard InChI is InChI=1S/C33H44N4O5S/c1-3-34-26-18-25(19-27(20-26)37-15-7-8-16-43(37,40)41)33(39)36-31(17-23-9-5-4-6-10-23)32(38)22-35-30-14-12-24-11-13-28(42-2)21-29(24)30/h4-6,9-11,13,18-21,30-32,34-35,38,40-41H,3,7-8,12,14-17,22H2,1-2H3,(H,36,39)/t30?,31-,32-/m0/s1. The van der Waals surface area contributed by atoms with Crippen LogP contribution in [0.4, 0.5) is 11.4 Å². The van der Waals surface area contributed by atoms with Gasteiger partial charge in [-0.3, -0.25) is 18.2 Å². The molecule has 1 fully saturated rings. The average Bonchev–Trinajstić information content (AvgIpc) is 3.41. The Hall–Kier alpha value is -3.28. The monoisotopic (exact) mass is 608 g/mol. The third-order valence-corrected chi connectivity index (χ3v) is 10.3. The van der Waals surface area contributed by atoms with E-state index in [4.69, 9.17) is 4.74 Å². The van der Waals surface area contributed by atoms with Crippen LogP contribution in [0.25, 0.3) is 0 Å². The summed E-state index contributed by atoms with van der Waals surface area (Å²) >= 11 is 0. The van der Waals surface area contributed by atoms with Gasteiger partial charge in [-0.05, 0) is 86.1 Å². The second kappa shape index (κ2) is 14.0. The number of rotatable bonds is 12. The number of aryl methyl sites for hydroxylation is 1. The molecular weight excluding hydrogens is 564 g/mol. The van der Waals surface area contributed by atoms with Crippen molar-refractivity contribution in [2.24, 2.45) is 0 Å². The Morgan fingerprint density at radius 2 is 1.91 bits per heavy atom. The lowest BCUT2D eigenvalue weighted by atomic mass is 9.99. The Morgan fingerprint density at radius 3 is 2.65 bits per heavy atom. The number of hydrogen-bond donors (Lipinski definition) is 6. The van der Waals surface area contributed by atoms with Gasteiger partial charge in [0.25, 0.3) is 5.91 Å². The van der Waals surface area contributed by atoms with Crippen LogP contribution in [0.2, 0.25) is 0 Å². The Labute approximate surface area is 256 Å². The number of carbonyl (C=O) groups is 1. The number of benzene rings is 3. The molecule has 232 valence electrons. The lowest BCUT2D eigenvalue weighted by Crippen LogP contribution is -2.49. The molecule has 0 aromatic heterocycles. The maximum Gasteiger partial charge on any atom is 0.251 e. The van der Waals surface area contributed by atoms with Crippen molar-refractivity contribution in [3.05, 3.63) is 89.0 Å². The van der Waals surface area contributed by atoms with E-state index in [1.165, 1.54) is 11.1 Å². The lowest BCUT2D eigenvalue weighted by molar-refractivity contribution is 0.0824. The van der Waals surface area contributed by atoms with Crippen LogP contribution in [0.1, 0.15) is 59.3 Å². The number of methoxy groups -OCH3 is 1. The molecule has 43 heavy (non-hydrogen) atoms. The molecule has 0 bridgehead atoms. The largest absolute Gasteiger partial charge is 0.497 e. The molecule has 10 heteroatoms. The van der Waals surface area contributed by atoms with E-state index in [9.17, 15) is 19.0 Å². The molecule has 1 saturated heterocycles. The number of anilines is 2. The van der Waals surface area contributed by atoms with Crippen molar-refractivity contribution >= 4 is 28.1 Å². The number of amides is 1. The van der Waals surface area contributed by atoms with Crippen molar-refractivity contribution < 1.29 is 23.7 Å². The zero-order valence-corrected chi connectivity index (χ0v) is 25.8. The third-order valence-electron chi connectivity index (χ3n) is 8.31. The normalized spacial score (nSPS) is 19.7. The number of nitrogens with one attached hydrogen (secondary N) is 3. The van der Waals surface area contributed by atoms with Crippen molar-refractivity contribution in [1.82, 2.24) is 10.6 Å². The van der Waals surface area contributed by atoms with Crippen LogP contribution >= 0.6 is 10.8 Å². The maximum absolute atomic E-state index is 13.8. The lowest BCUT2D eigenvalue weighted by Gasteiger charge is -2.47. The smallest absolute Gasteiger partial charge is 0.251 e. The van der Waals surface area contributed by atoms with Crippen molar-refractivity contribution in [3.8, 4) is 5.75 Å². The maximum atomic E-state index is 13.8. The molecule has 3 atom stereocenters. The summed E-state index contributed by atoms with van der Waals surface area (Å²) in [6.07, 6.45) is 3.09. The molecular formula is C33H44N4O5S. The highest BCUT2D eigenvalue weighted by Gasteiger charge is 2.30. The minimum Gasteiger partial charge on any atom is -0.497 e. The Morgan fingerprint density at radius 1 is 1.09 bits per heavy atom. The van der Waals surface area contributed by atoms with Crippen LogP contribution in [-0.2, 0) is 12.8 Å². The first-order valence-electron chi connectivity index (χ1n) is 15.1. The topological polar surface area (TPSA) is 126 Å². The minimum absolute atomic E-state index is 0.0939. The second-order valence-corrected chi connectivity index (χ2v) is 13.5. The first-order valence-corrected chi connectivity index (χ1v) is 16.8. The summed E-state index contributed by atoms with van der Waals surface area (Å²) in [6.45, 7) is 3.43. The van der Waals surface area contributed by atoms with Gasteiger partial charge in [0.1, 0.15) is 5.75 Å². The fraction of sp³-hybridized carbons (Fsp3) is 0.424. The highest BCUT2D eigenvalue weighted by molar-refractivity contribution is 8.25. The third kappa shape index (κ3) is 7.63. The first kappa shape index (κ1) is 31.2. The summed E-state index contributed by atoms with van der Waals surface area (Å²) in [5.74, 6) is 0.800.